The lowest BCUT2D eigenvalue weighted by Gasteiger charge is -2.56. The van der Waals surface area contributed by atoms with Gasteiger partial charge >= 0.3 is 5.97 Å². The molecule has 0 radical (unpaired) electrons. The predicted octanol–water partition coefficient (Wildman–Crippen LogP) is 3.92. The molecule has 6 rings (SSSR count). The molecule has 0 aromatic heterocycles. The Morgan fingerprint density at radius 2 is 1.62 bits per heavy atom. The van der Waals surface area contributed by atoms with Crippen molar-refractivity contribution >= 4 is 23.4 Å². The van der Waals surface area contributed by atoms with Crippen molar-refractivity contribution in [2.45, 2.75) is 55.4 Å². The number of benzene rings is 1. The van der Waals surface area contributed by atoms with Gasteiger partial charge in [0.05, 0.1) is 0 Å². The number of alkyl halides is 1. The van der Waals surface area contributed by atoms with Gasteiger partial charge in [0.25, 0.3) is 0 Å². The Kier molecular flexibility index (Phi) is 3.02. The van der Waals surface area contributed by atoms with E-state index in [2.05, 4.69) is 0 Å². The third-order valence-electron chi connectivity index (χ3n) is 6.67. The molecule has 4 heteroatoms. The first kappa shape index (κ1) is 14.9. The minimum absolute atomic E-state index is 0.245. The van der Waals surface area contributed by atoms with Gasteiger partial charge < -0.3 is 4.74 Å². The average Bonchev–Trinajstić information content (AvgIpc) is 2.78. The Morgan fingerprint density at radius 3 is 2.21 bits per heavy atom. The smallest absolute Gasteiger partial charge is 0.336 e. The van der Waals surface area contributed by atoms with Gasteiger partial charge in [-0.15, -0.1) is 0 Å². The third kappa shape index (κ3) is 2.03. The number of halogens is 1. The van der Waals surface area contributed by atoms with Crippen molar-refractivity contribution in [3.8, 4) is 0 Å². The molecule has 4 saturated carbocycles. The van der Waals surface area contributed by atoms with Crippen molar-refractivity contribution in [3.63, 3.8) is 0 Å². The summed E-state index contributed by atoms with van der Waals surface area (Å²) in [6.07, 6.45) is 6.97. The lowest BCUT2D eigenvalue weighted by Crippen LogP contribution is -2.55. The maximum Gasteiger partial charge on any atom is 0.336 e. The van der Waals surface area contributed by atoms with Crippen LogP contribution in [0.5, 0.6) is 0 Å². The molecule has 0 spiro atoms. The standard InChI is InChI=1S/C20H21ClO3/c21-20(11-15-3-1-2-4-16(15)17(20)22)18(23)24-19-8-12-5-13(9-19)7-14(6-12)10-19/h1-4,12-14H,5-11H2/t12?,13?,14?,19?,20-/m1/s1. The highest BCUT2D eigenvalue weighted by Gasteiger charge is 2.57. The van der Waals surface area contributed by atoms with Gasteiger partial charge in [-0.3, -0.25) is 4.79 Å². The zero-order valence-electron chi connectivity index (χ0n) is 13.6. The molecule has 0 amide bonds. The summed E-state index contributed by atoms with van der Waals surface area (Å²) in [6, 6.07) is 7.30. The number of hydrogen-bond acceptors (Lipinski definition) is 3. The lowest BCUT2D eigenvalue weighted by molar-refractivity contribution is -0.188. The zero-order chi connectivity index (χ0) is 16.5. The molecule has 5 aliphatic rings. The second kappa shape index (κ2) is 4.85. The molecule has 0 saturated heterocycles. The SMILES string of the molecule is O=C(OC12CC3CC(CC(C3)C1)C2)[C@@]1(Cl)Cc2ccccc2C1=O. The van der Waals surface area contributed by atoms with Crippen molar-refractivity contribution in [3.05, 3.63) is 35.4 Å². The highest BCUT2D eigenvalue weighted by Crippen LogP contribution is 2.57. The van der Waals surface area contributed by atoms with E-state index in [1.54, 1.807) is 6.07 Å². The van der Waals surface area contributed by atoms with Gasteiger partial charge in [0.15, 0.2) is 5.78 Å². The molecule has 5 aliphatic carbocycles. The van der Waals surface area contributed by atoms with Crippen LogP contribution in [0.15, 0.2) is 24.3 Å². The van der Waals surface area contributed by atoms with E-state index in [9.17, 15) is 9.59 Å². The van der Waals surface area contributed by atoms with Crippen LogP contribution in [0.2, 0.25) is 0 Å². The lowest BCUT2D eigenvalue weighted by atomic mass is 9.54. The molecule has 1 aromatic rings. The van der Waals surface area contributed by atoms with Crippen LogP contribution in [0.1, 0.15) is 54.4 Å². The van der Waals surface area contributed by atoms with Crippen LogP contribution in [0.3, 0.4) is 0 Å². The molecule has 126 valence electrons. The summed E-state index contributed by atoms with van der Waals surface area (Å²) in [5, 5.41) is 0. The van der Waals surface area contributed by atoms with Crippen LogP contribution in [0, 0.1) is 17.8 Å². The van der Waals surface area contributed by atoms with Gasteiger partial charge in [-0.2, -0.15) is 0 Å². The summed E-state index contributed by atoms with van der Waals surface area (Å²) in [6.45, 7) is 0. The first-order valence-corrected chi connectivity index (χ1v) is 9.40. The summed E-state index contributed by atoms with van der Waals surface area (Å²) in [7, 11) is 0. The van der Waals surface area contributed by atoms with E-state index >= 15 is 0 Å². The van der Waals surface area contributed by atoms with Gasteiger partial charge in [0.2, 0.25) is 4.87 Å². The normalized spacial score (nSPS) is 42.2. The average molecular weight is 345 g/mol. The molecule has 0 heterocycles. The number of Topliss-reactive ketones (excluding diaryl/α,β-unsaturated/α-hetero) is 1. The zero-order valence-corrected chi connectivity index (χ0v) is 14.3. The van der Waals surface area contributed by atoms with Crippen LogP contribution in [0.4, 0.5) is 0 Å². The van der Waals surface area contributed by atoms with Crippen molar-refractivity contribution in [1.82, 2.24) is 0 Å². The van der Waals surface area contributed by atoms with Crippen molar-refractivity contribution < 1.29 is 14.3 Å². The fourth-order valence-corrected chi connectivity index (χ4v) is 6.34. The number of carbonyl (C=O) groups excluding carboxylic acids is 2. The highest BCUT2D eigenvalue weighted by atomic mass is 35.5. The molecular weight excluding hydrogens is 324 g/mol. The summed E-state index contributed by atoms with van der Waals surface area (Å²) in [4.78, 5) is 24.1. The number of ether oxygens (including phenoxy) is 1. The van der Waals surface area contributed by atoms with Crippen LogP contribution in [0.25, 0.3) is 0 Å². The number of rotatable bonds is 2. The molecule has 4 fully saturated rings. The monoisotopic (exact) mass is 344 g/mol. The summed E-state index contributed by atoms with van der Waals surface area (Å²) < 4.78 is 6.05. The maximum absolute atomic E-state index is 13.0. The van der Waals surface area contributed by atoms with Crippen LogP contribution < -0.4 is 0 Å². The Labute approximate surface area is 146 Å². The maximum atomic E-state index is 13.0. The Morgan fingerprint density at radius 1 is 1.04 bits per heavy atom. The molecule has 0 unspecified atom stereocenters. The first-order chi connectivity index (χ1) is 11.5. The van der Waals surface area contributed by atoms with E-state index < -0.39 is 10.8 Å². The quantitative estimate of drug-likeness (QED) is 0.464. The number of hydrogen-bond donors (Lipinski definition) is 0. The van der Waals surface area contributed by atoms with Crippen molar-refractivity contribution in [2.75, 3.05) is 0 Å². The minimum Gasteiger partial charge on any atom is -0.457 e. The van der Waals surface area contributed by atoms with Crippen LogP contribution in [-0.4, -0.2) is 22.2 Å². The topological polar surface area (TPSA) is 43.4 Å². The second-order valence-corrected chi connectivity index (χ2v) is 9.10. The van der Waals surface area contributed by atoms with E-state index in [1.165, 1.54) is 19.3 Å². The van der Waals surface area contributed by atoms with E-state index in [4.69, 9.17) is 16.3 Å². The summed E-state index contributed by atoms with van der Waals surface area (Å²) >= 11 is 6.55. The van der Waals surface area contributed by atoms with E-state index in [1.807, 2.05) is 18.2 Å². The Bertz CT molecular complexity index is 705. The number of esters is 1. The van der Waals surface area contributed by atoms with Gasteiger partial charge in [-0.1, -0.05) is 35.9 Å². The molecule has 0 N–H and O–H groups in total. The predicted molar refractivity (Wildman–Crippen MR) is 90.1 cm³/mol. The van der Waals surface area contributed by atoms with Crippen LogP contribution in [-0.2, 0) is 16.0 Å². The molecule has 0 aliphatic heterocycles. The highest BCUT2D eigenvalue weighted by molar-refractivity contribution is 6.49. The van der Waals surface area contributed by atoms with E-state index in [-0.39, 0.29) is 17.8 Å². The molecule has 1 aromatic carbocycles. The Hall–Kier alpha value is -1.35. The second-order valence-electron chi connectivity index (χ2n) is 8.45. The minimum atomic E-state index is -1.56. The van der Waals surface area contributed by atoms with Gasteiger partial charge in [-0.05, 0) is 61.8 Å². The van der Waals surface area contributed by atoms with E-state index in [0.717, 1.165) is 24.8 Å². The number of carbonyl (C=O) groups is 2. The largest absolute Gasteiger partial charge is 0.457 e. The van der Waals surface area contributed by atoms with Crippen molar-refractivity contribution in [1.29, 1.82) is 0 Å². The number of ketones is 1. The molecule has 3 nitrogen and oxygen atoms in total. The third-order valence-corrected chi connectivity index (χ3v) is 7.13. The van der Waals surface area contributed by atoms with Gasteiger partial charge in [0.1, 0.15) is 5.60 Å². The van der Waals surface area contributed by atoms with Gasteiger partial charge in [0, 0.05) is 12.0 Å². The summed E-state index contributed by atoms with van der Waals surface area (Å²) in [5.74, 6) is 1.24. The fraction of sp³-hybridized carbons (Fsp3) is 0.600. The molecule has 4 bridgehead atoms. The number of fused-ring (bicyclic) bond motifs is 1. The Balaban J connectivity index is 1.41. The molecule has 24 heavy (non-hydrogen) atoms. The fourth-order valence-electron chi connectivity index (χ4n) is 6.05. The molecular formula is C20H21ClO3. The van der Waals surface area contributed by atoms with E-state index in [0.29, 0.717) is 23.3 Å². The first-order valence-electron chi connectivity index (χ1n) is 9.02. The molecule has 1 atom stereocenters. The summed E-state index contributed by atoms with van der Waals surface area (Å²) in [5.41, 5.74) is 1.05. The van der Waals surface area contributed by atoms with Gasteiger partial charge in [-0.25, -0.2) is 4.79 Å². The van der Waals surface area contributed by atoms with Crippen molar-refractivity contribution in [2.24, 2.45) is 17.8 Å². The van der Waals surface area contributed by atoms with Crippen LogP contribution >= 0.6 is 11.6 Å².